The maximum absolute atomic E-state index is 13.4. The SMILES string of the molecule is C[C@@H]1NC(=O)[C@@H](N)CNC(=O)[C@H](C2CCN=C(N)N2)NC(=O)C(=CNC(N)=O)NC(=O)[C@H](CNC(=O)CC(N)CCCN)NC1=O.O=S(=O)(O)O. The number of rotatable bonds is 9. The normalized spacial score (nSPS) is 25.1. The maximum Gasteiger partial charge on any atom is 0.394 e. The molecule has 1 fully saturated rings. The maximum atomic E-state index is 13.4. The first kappa shape index (κ1) is 43.9. The van der Waals surface area contributed by atoms with Crippen LogP contribution in [0, 0.1) is 0 Å². The van der Waals surface area contributed by atoms with Gasteiger partial charge in [-0.1, -0.05) is 0 Å². The molecule has 0 spiro atoms. The van der Waals surface area contributed by atoms with Crippen molar-refractivity contribution < 1.29 is 51.1 Å². The number of nitrogens with zero attached hydrogens (tertiary/aromatic N) is 1. The summed E-state index contributed by atoms with van der Waals surface area (Å²) in [6.45, 7) is 1.08. The predicted molar refractivity (Wildman–Crippen MR) is 177 cm³/mol. The van der Waals surface area contributed by atoms with Crippen LogP contribution in [0.5, 0.6) is 0 Å². The fourth-order valence-electron chi connectivity index (χ4n) is 4.28. The van der Waals surface area contributed by atoms with Crippen molar-refractivity contribution in [3.05, 3.63) is 11.9 Å². The van der Waals surface area contributed by atoms with E-state index in [1.165, 1.54) is 6.92 Å². The van der Waals surface area contributed by atoms with Crippen molar-refractivity contribution in [2.45, 2.75) is 68.9 Å². The molecule has 0 saturated carbocycles. The number of carbonyl (C=O) groups excluding carboxylic acids is 7. The molecule has 0 aromatic rings. The molecule has 2 aliphatic heterocycles. The van der Waals surface area contributed by atoms with Crippen LogP contribution in [-0.4, -0.2) is 127 Å². The van der Waals surface area contributed by atoms with E-state index in [2.05, 4.69) is 47.5 Å². The average Bonchev–Trinajstić information content (AvgIpc) is 3.03. The molecule has 0 aliphatic carbocycles. The molecule has 2 heterocycles. The van der Waals surface area contributed by atoms with E-state index >= 15 is 0 Å². The Morgan fingerprint density at radius 2 is 1.69 bits per heavy atom. The summed E-state index contributed by atoms with van der Waals surface area (Å²) in [5, 5.41) is 19.4. The van der Waals surface area contributed by atoms with Crippen molar-refractivity contribution in [2.24, 2.45) is 33.7 Å². The number of hydrogen-bond donors (Lipinski definition) is 15. The van der Waals surface area contributed by atoms with Crippen LogP contribution in [0.15, 0.2) is 16.9 Å². The Balaban J connectivity index is 0.00000242. The van der Waals surface area contributed by atoms with Gasteiger partial charge in [0.25, 0.3) is 5.91 Å². The van der Waals surface area contributed by atoms with Crippen LogP contribution in [0.2, 0.25) is 0 Å². The van der Waals surface area contributed by atoms with E-state index in [0.717, 1.165) is 6.20 Å². The average molecular weight is 751 g/mol. The molecule has 0 bridgehead atoms. The van der Waals surface area contributed by atoms with Gasteiger partial charge >= 0.3 is 16.4 Å². The highest BCUT2D eigenvalue weighted by Gasteiger charge is 2.34. The third-order valence-electron chi connectivity index (χ3n) is 6.84. The fourth-order valence-corrected chi connectivity index (χ4v) is 4.28. The molecule has 288 valence electrons. The molecular weight excluding hydrogens is 704 g/mol. The van der Waals surface area contributed by atoms with Crippen molar-refractivity contribution in [3.8, 4) is 0 Å². The van der Waals surface area contributed by atoms with Crippen LogP contribution < -0.4 is 71.2 Å². The molecule has 0 radical (unpaired) electrons. The highest BCUT2D eigenvalue weighted by molar-refractivity contribution is 7.79. The Morgan fingerprint density at radius 1 is 1.04 bits per heavy atom. The second kappa shape index (κ2) is 21.2. The summed E-state index contributed by atoms with van der Waals surface area (Å²) in [6.07, 6.45) is 2.01. The van der Waals surface area contributed by atoms with Gasteiger partial charge in [-0.2, -0.15) is 8.42 Å². The second-order valence-electron chi connectivity index (χ2n) is 11.1. The van der Waals surface area contributed by atoms with Gasteiger partial charge in [0.1, 0.15) is 29.9 Å². The molecule has 1 saturated heterocycles. The molecule has 8 amide bonds. The van der Waals surface area contributed by atoms with Crippen LogP contribution in [0.1, 0.15) is 32.6 Å². The Labute approximate surface area is 292 Å². The van der Waals surface area contributed by atoms with Crippen molar-refractivity contribution in [2.75, 3.05) is 26.2 Å². The van der Waals surface area contributed by atoms with Gasteiger partial charge in [-0.3, -0.25) is 42.9 Å². The first-order valence-corrected chi connectivity index (χ1v) is 16.6. The molecule has 6 atom stereocenters. The van der Waals surface area contributed by atoms with Gasteiger partial charge in [-0.05, 0) is 32.7 Å². The number of hydrogen-bond acceptors (Lipinski definition) is 15. The molecule has 2 rings (SSSR count). The van der Waals surface area contributed by atoms with E-state index < -0.39 is 100 Å². The second-order valence-corrected chi connectivity index (χ2v) is 12.0. The largest absolute Gasteiger partial charge is 0.394 e. The third kappa shape index (κ3) is 17.9. The number of aliphatic imine (C=N–C) groups is 1. The number of urea groups is 1. The van der Waals surface area contributed by atoms with Crippen LogP contribution in [0.4, 0.5) is 4.79 Å². The van der Waals surface area contributed by atoms with Crippen LogP contribution in [-0.2, 0) is 39.2 Å². The third-order valence-corrected chi connectivity index (χ3v) is 6.84. The van der Waals surface area contributed by atoms with Crippen molar-refractivity contribution in [1.82, 2.24) is 42.5 Å². The van der Waals surface area contributed by atoms with Gasteiger partial charge in [-0.25, -0.2) is 4.79 Å². The molecule has 0 aromatic carbocycles. The summed E-state index contributed by atoms with van der Waals surface area (Å²) < 4.78 is 31.6. The topological polar surface area (TPSA) is 433 Å². The van der Waals surface area contributed by atoms with Crippen molar-refractivity contribution >= 4 is 57.8 Å². The summed E-state index contributed by atoms with van der Waals surface area (Å²) in [5.74, 6) is -5.04. The zero-order chi connectivity index (χ0) is 38.9. The van der Waals surface area contributed by atoms with E-state index in [-0.39, 0.29) is 31.9 Å². The fraction of sp³-hybridized carbons (Fsp3) is 0.600. The summed E-state index contributed by atoms with van der Waals surface area (Å²) in [5.41, 5.74) is 27.7. The summed E-state index contributed by atoms with van der Waals surface area (Å²) in [6, 6.07) is -7.79. The summed E-state index contributed by atoms with van der Waals surface area (Å²) in [4.78, 5) is 93.7. The molecule has 0 aromatic heterocycles. The van der Waals surface area contributed by atoms with Gasteiger partial charge in [0, 0.05) is 38.3 Å². The lowest BCUT2D eigenvalue weighted by molar-refractivity contribution is -0.133. The van der Waals surface area contributed by atoms with Gasteiger partial charge in [0.05, 0.1) is 6.04 Å². The highest BCUT2D eigenvalue weighted by atomic mass is 32.3. The summed E-state index contributed by atoms with van der Waals surface area (Å²) >= 11 is 0. The molecule has 2 aliphatic rings. The lowest BCUT2D eigenvalue weighted by Gasteiger charge is -2.31. The van der Waals surface area contributed by atoms with E-state index in [9.17, 15) is 33.6 Å². The number of nitrogens with one attached hydrogen (secondary N) is 8. The Morgan fingerprint density at radius 3 is 2.27 bits per heavy atom. The predicted octanol–water partition coefficient (Wildman–Crippen LogP) is -7.86. The lowest BCUT2D eigenvalue weighted by atomic mass is 10.0. The Hall–Kier alpha value is -5.15. The standard InChI is InChI=1S/C25H44N14O7.H2O4S/c1-11-19(41)36-15(9-32-17(40)7-12(27)3-2-5-26)21(43)37-16(10-34-25(30)46)22(44)39-18(14-4-6-31-24(29)38-14)23(45)33-8-13(28)20(42)35-11;1-5(2,3)4/h10-15,18H,2-9,26-28H2,1H3,(H,32,40)(H,33,45)(H,35,42)(H,36,41)(H,37,43)(H,39,44)(H3,29,31,38)(H3,30,34,46);(H2,1,2,3,4)/t11-,12?,13-,14?,15-,18-;/m0./s1. The number of primary amides is 1. The Kier molecular flexibility index (Phi) is 18.2. The minimum Gasteiger partial charge on any atom is -0.370 e. The van der Waals surface area contributed by atoms with E-state index in [4.69, 9.17) is 46.2 Å². The number of nitrogens with two attached hydrogens (primary N) is 5. The highest BCUT2D eigenvalue weighted by Crippen LogP contribution is 2.07. The zero-order valence-corrected chi connectivity index (χ0v) is 28.3. The molecular formula is C25H46N14O11S. The van der Waals surface area contributed by atoms with Gasteiger partial charge in [-0.15, -0.1) is 0 Å². The lowest BCUT2D eigenvalue weighted by Crippen LogP contribution is -2.63. The molecule has 51 heavy (non-hydrogen) atoms. The minimum atomic E-state index is -4.67. The Bertz CT molecular complexity index is 1450. The number of carbonyl (C=O) groups is 7. The van der Waals surface area contributed by atoms with Crippen LogP contribution >= 0.6 is 0 Å². The number of amides is 8. The van der Waals surface area contributed by atoms with E-state index in [1.54, 1.807) is 0 Å². The summed E-state index contributed by atoms with van der Waals surface area (Å²) in [7, 11) is -4.67. The monoisotopic (exact) mass is 750 g/mol. The van der Waals surface area contributed by atoms with E-state index in [1.807, 2.05) is 0 Å². The smallest absolute Gasteiger partial charge is 0.370 e. The molecule has 2 unspecified atom stereocenters. The van der Waals surface area contributed by atoms with Gasteiger partial charge in [0.2, 0.25) is 29.5 Å². The first-order chi connectivity index (χ1) is 23.7. The van der Waals surface area contributed by atoms with Crippen molar-refractivity contribution in [3.63, 3.8) is 0 Å². The van der Waals surface area contributed by atoms with E-state index in [0.29, 0.717) is 19.4 Å². The van der Waals surface area contributed by atoms with Crippen LogP contribution in [0.25, 0.3) is 0 Å². The number of guanidine groups is 1. The first-order valence-electron chi connectivity index (χ1n) is 15.2. The van der Waals surface area contributed by atoms with Crippen LogP contribution in [0.3, 0.4) is 0 Å². The quantitative estimate of drug-likeness (QED) is 0.0768. The van der Waals surface area contributed by atoms with Crippen molar-refractivity contribution in [1.29, 1.82) is 0 Å². The van der Waals surface area contributed by atoms with Gasteiger partial charge in [0.15, 0.2) is 5.96 Å². The molecule has 26 heteroatoms. The minimum absolute atomic E-state index is 0.0101. The molecule has 20 N–H and O–H groups in total. The zero-order valence-electron chi connectivity index (χ0n) is 27.5. The molecule has 25 nitrogen and oxygen atoms in total. The van der Waals surface area contributed by atoms with Gasteiger partial charge < -0.3 is 71.2 Å².